The molecule has 0 bridgehead atoms. The van der Waals surface area contributed by atoms with Crippen molar-refractivity contribution in [3.05, 3.63) is 23.2 Å². The molecule has 0 aliphatic heterocycles. The zero-order valence-corrected chi connectivity index (χ0v) is 14.3. The van der Waals surface area contributed by atoms with E-state index in [2.05, 4.69) is 29.0 Å². The third-order valence-corrected chi connectivity index (χ3v) is 5.90. The van der Waals surface area contributed by atoms with Gasteiger partial charge in [-0.2, -0.15) is 4.98 Å². The Morgan fingerprint density at radius 3 is 2.91 bits per heavy atom. The molecule has 0 aromatic carbocycles. The van der Waals surface area contributed by atoms with Crippen LogP contribution in [-0.4, -0.2) is 25.3 Å². The van der Waals surface area contributed by atoms with Crippen LogP contribution in [0.5, 0.6) is 0 Å². The summed E-state index contributed by atoms with van der Waals surface area (Å²) in [5, 5.41) is 6.15. The van der Waals surface area contributed by atoms with Crippen LogP contribution in [0.3, 0.4) is 0 Å². The second-order valence-corrected chi connectivity index (χ2v) is 7.70. The maximum Gasteiger partial charge on any atom is 0.230 e. The van der Waals surface area contributed by atoms with E-state index in [-0.39, 0.29) is 23.0 Å². The second-order valence-electron chi connectivity index (χ2n) is 6.83. The van der Waals surface area contributed by atoms with Crippen LogP contribution in [0.25, 0.3) is 16.5 Å². The van der Waals surface area contributed by atoms with Gasteiger partial charge in [-0.25, -0.2) is 4.98 Å². The van der Waals surface area contributed by atoms with Crippen molar-refractivity contribution >= 4 is 22.1 Å². The molecule has 0 N–H and O–H groups in total. The third-order valence-electron chi connectivity index (χ3n) is 5.15. The molecule has 3 heterocycles. The second kappa shape index (κ2) is 4.74. The Morgan fingerprint density at radius 1 is 1.43 bits per heavy atom. The molecule has 0 amide bonds. The number of carbonyl (C=O) groups excluding carboxylic acids is 1. The molecule has 1 aliphatic rings. The number of aryl methyl sites for hydroxylation is 1. The van der Waals surface area contributed by atoms with Crippen LogP contribution in [0.1, 0.15) is 44.7 Å². The highest BCUT2D eigenvalue weighted by Crippen LogP contribution is 2.56. The van der Waals surface area contributed by atoms with Gasteiger partial charge >= 0.3 is 0 Å². The molecule has 3 aromatic heterocycles. The van der Waals surface area contributed by atoms with Crippen LogP contribution in [0.4, 0.5) is 0 Å². The van der Waals surface area contributed by atoms with E-state index in [0.29, 0.717) is 11.7 Å². The lowest BCUT2D eigenvalue weighted by molar-refractivity contribution is -0.132. The lowest BCUT2D eigenvalue weighted by atomic mass is 9.53. The first kappa shape index (κ1) is 14.6. The Balaban J connectivity index is 1.70. The first-order valence-electron chi connectivity index (χ1n) is 7.66. The van der Waals surface area contributed by atoms with Crippen molar-refractivity contribution in [3.63, 3.8) is 0 Å². The van der Waals surface area contributed by atoms with Crippen molar-refractivity contribution in [3.8, 4) is 11.5 Å². The number of ketones is 1. The zero-order valence-electron chi connectivity index (χ0n) is 13.5. The number of hydrogen-bond donors (Lipinski definition) is 0. The predicted molar refractivity (Wildman–Crippen MR) is 86.4 cm³/mol. The summed E-state index contributed by atoms with van der Waals surface area (Å²) in [5.41, 5.74) is 1.62. The number of Topliss-reactive ketones (excluding diaryl/α,β-unsaturated/α-hetero) is 1. The van der Waals surface area contributed by atoms with E-state index in [0.717, 1.165) is 22.8 Å². The summed E-state index contributed by atoms with van der Waals surface area (Å²) in [7, 11) is 0. The van der Waals surface area contributed by atoms with E-state index in [9.17, 15) is 4.79 Å². The number of thiazole rings is 1. The summed E-state index contributed by atoms with van der Waals surface area (Å²) in [6.45, 7) is 7.80. The lowest BCUT2D eigenvalue weighted by Crippen LogP contribution is -2.46. The number of nitrogens with zero attached hydrogens (tertiary/aromatic N) is 4. The van der Waals surface area contributed by atoms with Crippen molar-refractivity contribution < 1.29 is 9.32 Å². The molecule has 120 valence electrons. The van der Waals surface area contributed by atoms with Crippen LogP contribution in [-0.2, 0) is 4.79 Å². The van der Waals surface area contributed by atoms with E-state index in [1.807, 2.05) is 22.9 Å². The van der Waals surface area contributed by atoms with Crippen molar-refractivity contribution in [2.75, 3.05) is 0 Å². The number of imidazole rings is 1. The van der Waals surface area contributed by atoms with Crippen molar-refractivity contribution in [2.24, 2.45) is 11.3 Å². The largest absolute Gasteiger partial charge is 0.339 e. The summed E-state index contributed by atoms with van der Waals surface area (Å²) in [4.78, 5) is 21.7. The maximum atomic E-state index is 11.7. The minimum atomic E-state index is -0.139. The molecule has 1 saturated carbocycles. The molecule has 0 radical (unpaired) electrons. The normalized spacial score (nSPS) is 23.1. The topological polar surface area (TPSA) is 73.3 Å². The van der Waals surface area contributed by atoms with E-state index >= 15 is 0 Å². The number of aromatic nitrogens is 4. The molecule has 3 aromatic rings. The fourth-order valence-electron chi connectivity index (χ4n) is 3.67. The minimum Gasteiger partial charge on any atom is -0.339 e. The van der Waals surface area contributed by atoms with Gasteiger partial charge in [-0.3, -0.25) is 9.20 Å². The summed E-state index contributed by atoms with van der Waals surface area (Å²) >= 11 is 1.58. The van der Waals surface area contributed by atoms with Crippen LogP contribution in [0.2, 0.25) is 0 Å². The van der Waals surface area contributed by atoms with Gasteiger partial charge in [-0.15, -0.1) is 11.3 Å². The van der Waals surface area contributed by atoms with Gasteiger partial charge in [0.15, 0.2) is 4.96 Å². The van der Waals surface area contributed by atoms with Crippen LogP contribution in [0, 0.1) is 18.3 Å². The van der Waals surface area contributed by atoms with Crippen molar-refractivity contribution in [1.82, 2.24) is 19.5 Å². The summed E-state index contributed by atoms with van der Waals surface area (Å²) in [6.07, 6.45) is 2.74. The lowest BCUT2D eigenvalue weighted by Gasteiger charge is -2.49. The standard InChI is InChI=1S/C16H18N4O2S/c1-8-12(20-5-6-23-15(20)17-8)13-18-14(22-19-13)11-7-10(9(2)21)16(11,3)4/h5-6,10-11H,7H2,1-4H3/t10-,11+/m0/s1. The zero-order chi connectivity index (χ0) is 16.4. The molecule has 0 unspecified atom stereocenters. The monoisotopic (exact) mass is 330 g/mol. The van der Waals surface area contributed by atoms with Crippen molar-refractivity contribution in [2.45, 2.75) is 40.0 Å². The molecule has 0 spiro atoms. The molecule has 6 nitrogen and oxygen atoms in total. The third kappa shape index (κ3) is 1.99. The van der Waals surface area contributed by atoms with Gasteiger partial charge in [-0.05, 0) is 25.7 Å². The summed E-state index contributed by atoms with van der Waals surface area (Å²) in [6, 6.07) is 0. The molecular formula is C16H18N4O2S. The van der Waals surface area contributed by atoms with Gasteiger partial charge < -0.3 is 4.52 Å². The molecule has 23 heavy (non-hydrogen) atoms. The van der Waals surface area contributed by atoms with Gasteiger partial charge in [0.05, 0.1) is 5.69 Å². The molecule has 2 atom stereocenters. The highest BCUT2D eigenvalue weighted by atomic mass is 32.1. The first-order valence-corrected chi connectivity index (χ1v) is 8.54. The molecule has 4 rings (SSSR count). The first-order chi connectivity index (χ1) is 10.9. The van der Waals surface area contributed by atoms with Crippen molar-refractivity contribution in [1.29, 1.82) is 0 Å². The minimum absolute atomic E-state index is 0.0723. The Labute approximate surface area is 137 Å². The number of fused-ring (bicyclic) bond motifs is 1. The van der Waals surface area contributed by atoms with Gasteiger partial charge in [0.25, 0.3) is 0 Å². The summed E-state index contributed by atoms with van der Waals surface area (Å²) in [5.74, 6) is 1.61. The van der Waals surface area contributed by atoms with Crippen LogP contribution >= 0.6 is 11.3 Å². The highest BCUT2D eigenvalue weighted by molar-refractivity contribution is 7.15. The quantitative estimate of drug-likeness (QED) is 0.735. The Morgan fingerprint density at radius 2 is 2.22 bits per heavy atom. The molecule has 0 saturated heterocycles. The molecule has 1 aliphatic carbocycles. The molecular weight excluding hydrogens is 312 g/mol. The van der Waals surface area contributed by atoms with E-state index in [4.69, 9.17) is 4.52 Å². The molecule has 7 heteroatoms. The smallest absolute Gasteiger partial charge is 0.230 e. The van der Waals surface area contributed by atoms with Crippen LogP contribution in [0.15, 0.2) is 16.1 Å². The fraction of sp³-hybridized carbons (Fsp3) is 0.500. The average Bonchev–Trinajstić information content (AvgIpc) is 3.13. The van der Waals surface area contributed by atoms with E-state index in [1.165, 1.54) is 0 Å². The Bertz CT molecular complexity index is 904. The SMILES string of the molecule is CC(=O)[C@@H]1C[C@H](c2nc(-c3c(C)nc4sccn34)no2)C1(C)C. The van der Waals surface area contributed by atoms with Gasteiger partial charge in [0, 0.05) is 23.4 Å². The van der Waals surface area contributed by atoms with Gasteiger partial charge in [-0.1, -0.05) is 19.0 Å². The van der Waals surface area contributed by atoms with Gasteiger partial charge in [0.1, 0.15) is 11.5 Å². The van der Waals surface area contributed by atoms with Crippen LogP contribution < -0.4 is 0 Å². The average molecular weight is 330 g/mol. The Kier molecular flexibility index (Phi) is 3.00. The van der Waals surface area contributed by atoms with Gasteiger partial charge in [0.2, 0.25) is 11.7 Å². The summed E-state index contributed by atoms with van der Waals surface area (Å²) < 4.78 is 7.51. The number of hydrogen-bond acceptors (Lipinski definition) is 6. The maximum absolute atomic E-state index is 11.7. The van der Waals surface area contributed by atoms with E-state index < -0.39 is 0 Å². The number of carbonyl (C=O) groups is 1. The van der Waals surface area contributed by atoms with E-state index in [1.54, 1.807) is 18.3 Å². The fourth-order valence-corrected chi connectivity index (χ4v) is 4.43. The highest BCUT2D eigenvalue weighted by Gasteiger charge is 2.53. The predicted octanol–water partition coefficient (Wildman–Crippen LogP) is 3.47. The number of rotatable bonds is 3. The Hall–Kier alpha value is -2.02. The molecule has 1 fully saturated rings.